The van der Waals surface area contributed by atoms with Gasteiger partial charge in [-0.25, -0.2) is 4.98 Å². The fraction of sp³-hybridized carbons (Fsp3) is 0.786. The van der Waals surface area contributed by atoms with Crippen LogP contribution in [0.3, 0.4) is 0 Å². The predicted octanol–water partition coefficient (Wildman–Crippen LogP) is 3.39. The van der Waals surface area contributed by atoms with Gasteiger partial charge in [0.05, 0.1) is 18.3 Å². The fourth-order valence-electron chi connectivity index (χ4n) is 2.08. The van der Waals surface area contributed by atoms with Crippen molar-refractivity contribution in [2.75, 3.05) is 19.0 Å². The van der Waals surface area contributed by atoms with Crippen molar-refractivity contribution in [2.24, 2.45) is 0 Å². The average molecular weight is 253 g/mol. The fourth-order valence-corrected chi connectivity index (χ4v) is 2.08. The summed E-state index contributed by atoms with van der Waals surface area (Å²) >= 11 is 0. The summed E-state index contributed by atoms with van der Waals surface area (Å²) in [7, 11) is 1.73. The van der Waals surface area contributed by atoms with Gasteiger partial charge in [-0.1, -0.05) is 19.8 Å². The molecule has 0 aromatic carbocycles. The lowest BCUT2D eigenvalue weighted by Crippen LogP contribution is -2.20. The third kappa shape index (κ3) is 4.33. The molecule has 18 heavy (non-hydrogen) atoms. The van der Waals surface area contributed by atoms with Crippen molar-refractivity contribution in [1.29, 1.82) is 0 Å². The van der Waals surface area contributed by atoms with Crippen molar-refractivity contribution in [3.63, 3.8) is 0 Å². The van der Waals surface area contributed by atoms with E-state index in [9.17, 15) is 0 Å². The monoisotopic (exact) mass is 253 g/mol. The highest BCUT2D eigenvalue weighted by Gasteiger charge is 2.13. The number of imidazole rings is 1. The Labute approximate surface area is 111 Å². The highest BCUT2D eigenvalue weighted by Crippen LogP contribution is 2.18. The van der Waals surface area contributed by atoms with Gasteiger partial charge < -0.3 is 14.6 Å². The summed E-state index contributed by atoms with van der Waals surface area (Å²) in [5.74, 6) is 0.959. The molecule has 1 N–H and O–H groups in total. The number of hydrogen-bond acceptors (Lipinski definition) is 3. The highest BCUT2D eigenvalue weighted by atomic mass is 16.5. The van der Waals surface area contributed by atoms with Gasteiger partial charge >= 0.3 is 0 Å². The molecule has 1 rings (SSSR count). The van der Waals surface area contributed by atoms with Crippen molar-refractivity contribution < 1.29 is 4.74 Å². The quantitative estimate of drug-likeness (QED) is 0.772. The molecule has 1 aromatic heterocycles. The van der Waals surface area contributed by atoms with Gasteiger partial charge in [-0.3, -0.25) is 0 Å². The Hall–Kier alpha value is -1.03. The van der Waals surface area contributed by atoms with Gasteiger partial charge in [-0.05, 0) is 27.2 Å². The first-order valence-corrected chi connectivity index (χ1v) is 6.89. The van der Waals surface area contributed by atoms with E-state index in [0.717, 1.165) is 11.6 Å². The van der Waals surface area contributed by atoms with Crippen LogP contribution in [0.1, 0.15) is 51.8 Å². The van der Waals surface area contributed by atoms with Crippen LogP contribution >= 0.6 is 0 Å². The van der Waals surface area contributed by atoms with Crippen molar-refractivity contribution >= 4 is 5.95 Å². The molecule has 104 valence electrons. The van der Waals surface area contributed by atoms with Crippen LogP contribution in [0.4, 0.5) is 5.95 Å². The van der Waals surface area contributed by atoms with E-state index in [-0.39, 0.29) is 0 Å². The van der Waals surface area contributed by atoms with Crippen LogP contribution in [0.2, 0.25) is 0 Å². The lowest BCUT2D eigenvalue weighted by molar-refractivity contribution is 0.163. The Morgan fingerprint density at radius 3 is 2.78 bits per heavy atom. The lowest BCUT2D eigenvalue weighted by Gasteiger charge is -2.19. The molecular weight excluding hydrogens is 226 g/mol. The van der Waals surface area contributed by atoms with Crippen molar-refractivity contribution in [1.82, 2.24) is 9.55 Å². The SMILES string of the molecule is CCCCC(C)Nc1nc(C)cn1C(C)COC. The first kappa shape index (κ1) is 15.0. The number of rotatable bonds is 8. The summed E-state index contributed by atoms with van der Waals surface area (Å²) in [6, 6.07) is 0.761. The maximum Gasteiger partial charge on any atom is 0.203 e. The van der Waals surface area contributed by atoms with Gasteiger partial charge in [-0.15, -0.1) is 0 Å². The molecule has 4 nitrogen and oxygen atoms in total. The van der Waals surface area contributed by atoms with Crippen LogP contribution < -0.4 is 5.32 Å². The van der Waals surface area contributed by atoms with Crippen LogP contribution in [0, 0.1) is 6.92 Å². The number of anilines is 1. The third-order valence-electron chi connectivity index (χ3n) is 3.10. The molecule has 0 radical (unpaired) electrons. The summed E-state index contributed by atoms with van der Waals surface area (Å²) in [5.41, 5.74) is 1.04. The normalized spacial score (nSPS) is 14.5. The number of aromatic nitrogens is 2. The molecule has 1 heterocycles. The molecule has 0 fully saturated rings. The second-order valence-electron chi connectivity index (χ2n) is 5.11. The average Bonchev–Trinajstić information content (AvgIpc) is 2.68. The molecule has 0 aliphatic rings. The van der Waals surface area contributed by atoms with E-state index in [1.54, 1.807) is 7.11 Å². The Morgan fingerprint density at radius 1 is 1.44 bits per heavy atom. The summed E-state index contributed by atoms with van der Waals surface area (Å²) in [4.78, 5) is 4.56. The van der Waals surface area contributed by atoms with Crippen LogP contribution in [-0.2, 0) is 4.74 Å². The molecule has 0 bridgehead atoms. The molecule has 0 saturated heterocycles. The smallest absolute Gasteiger partial charge is 0.203 e. The molecule has 2 unspecified atom stereocenters. The number of methoxy groups -OCH3 is 1. The number of unbranched alkanes of at least 4 members (excludes halogenated alkanes) is 1. The Balaban J connectivity index is 2.69. The van der Waals surface area contributed by atoms with Crippen LogP contribution in [-0.4, -0.2) is 29.3 Å². The zero-order chi connectivity index (χ0) is 13.5. The van der Waals surface area contributed by atoms with E-state index in [4.69, 9.17) is 4.74 Å². The zero-order valence-electron chi connectivity index (χ0n) is 12.4. The molecule has 0 aliphatic heterocycles. The molecule has 2 atom stereocenters. The van der Waals surface area contributed by atoms with Gasteiger partial charge in [0, 0.05) is 19.3 Å². The highest BCUT2D eigenvalue weighted by molar-refractivity contribution is 5.30. The standard InChI is InChI=1S/C14H27N3O/c1-6-7-8-11(2)15-14-16-12(3)9-17(14)13(4)10-18-5/h9,11,13H,6-8,10H2,1-5H3,(H,15,16). The molecule has 1 aromatic rings. The molecule has 0 amide bonds. The number of ether oxygens (including phenoxy) is 1. The Kier molecular flexibility index (Phi) is 6.19. The Bertz CT molecular complexity index is 349. The number of hydrogen-bond donors (Lipinski definition) is 1. The largest absolute Gasteiger partial charge is 0.383 e. The van der Waals surface area contributed by atoms with Crippen molar-refractivity contribution in [2.45, 2.75) is 59.0 Å². The van der Waals surface area contributed by atoms with E-state index < -0.39 is 0 Å². The van der Waals surface area contributed by atoms with Gasteiger partial charge in [0.2, 0.25) is 5.95 Å². The van der Waals surface area contributed by atoms with E-state index in [1.165, 1.54) is 19.3 Å². The molecule has 4 heteroatoms. The number of nitrogens with one attached hydrogen (secondary N) is 1. The van der Waals surface area contributed by atoms with Crippen molar-refractivity contribution in [3.05, 3.63) is 11.9 Å². The van der Waals surface area contributed by atoms with E-state index in [2.05, 4.69) is 41.8 Å². The minimum Gasteiger partial charge on any atom is -0.383 e. The maximum atomic E-state index is 5.22. The molecule has 0 saturated carbocycles. The second kappa shape index (κ2) is 7.41. The topological polar surface area (TPSA) is 39.1 Å². The molecule has 0 aliphatic carbocycles. The minimum atomic E-state index is 0.303. The van der Waals surface area contributed by atoms with E-state index in [1.807, 2.05) is 6.92 Å². The summed E-state index contributed by atoms with van der Waals surface area (Å²) in [6.07, 6.45) is 5.75. The van der Waals surface area contributed by atoms with E-state index in [0.29, 0.717) is 18.7 Å². The minimum absolute atomic E-state index is 0.303. The van der Waals surface area contributed by atoms with Crippen LogP contribution in [0.15, 0.2) is 6.20 Å². The third-order valence-corrected chi connectivity index (χ3v) is 3.10. The molecule has 0 spiro atoms. The van der Waals surface area contributed by atoms with Crippen LogP contribution in [0.5, 0.6) is 0 Å². The summed E-state index contributed by atoms with van der Waals surface area (Å²) in [5, 5.41) is 3.50. The van der Waals surface area contributed by atoms with Gasteiger partial charge in [0.1, 0.15) is 0 Å². The summed E-state index contributed by atoms with van der Waals surface area (Å²) < 4.78 is 7.38. The molecular formula is C14H27N3O. The van der Waals surface area contributed by atoms with Gasteiger partial charge in [0.15, 0.2) is 0 Å². The van der Waals surface area contributed by atoms with Gasteiger partial charge in [-0.2, -0.15) is 0 Å². The second-order valence-corrected chi connectivity index (χ2v) is 5.11. The summed E-state index contributed by atoms with van der Waals surface area (Å²) in [6.45, 7) is 9.31. The number of aryl methyl sites for hydroxylation is 1. The predicted molar refractivity (Wildman–Crippen MR) is 76.2 cm³/mol. The zero-order valence-corrected chi connectivity index (χ0v) is 12.4. The van der Waals surface area contributed by atoms with E-state index >= 15 is 0 Å². The van der Waals surface area contributed by atoms with Crippen molar-refractivity contribution in [3.8, 4) is 0 Å². The first-order valence-electron chi connectivity index (χ1n) is 6.89. The first-order chi connectivity index (χ1) is 8.58. The number of nitrogens with zero attached hydrogens (tertiary/aromatic N) is 2. The van der Waals surface area contributed by atoms with Gasteiger partial charge in [0.25, 0.3) is 0 Å². The van der Waals surface area contributed by atoms with Crippen LogP contribution in [0.25, 0.3) is 0 Å². The maximum absolute atomic E-state index is 5.22. The Morgan fingerprint density at radius 2 is 2.17 bits per heavy atom. The lowest BCUT2D eigenvalue weighted by atomic mass is 10.1.